The van der Waals surface area contributed by atoms with Gasteiger partial charge >= 0.3 is 6.55 Å². The molecular formula is C17H13F2N3S2. The maximum atomic E-state index is 13.6. The smallest absolute Gasteiger partial charge is 0.269 e. The summed E-state index contributed by atoms with van der Waals surface area (Å²) in [5.74, 6) is 0.371. The first-order valence-electron chi connectivity index (χ1n) is 7.41. The maximum absolute atomic E-state index is 13.6. The molecule has 0 aliphatic carbocycles. The minimum Gasteiger partial charge on any atom is -0.269 e. The molecule has 0 saturated heterocycles. The van der Waals surface area contributed by atoms with Crippen molar-refractivity contribution >= 4 is 44.3 Å². The van der Waals surface area contributed by atoms with E-state index in [2.05, 4.69) is 9.97 Å². The van der Waals surface area contributed by atoms with Crippen molar-refractivity contribution in [1.29, 1.82) is 0 Å². The fraction of sp³-hybridized carbons (Fsp3) is 0.176. The Morgan fingerprint density at radius 3 is 2.46 bits per heavy atom. The van der Waals surface area contributed by atoms with E-state index < -0.39 is 6.55 Å². The lowest BCUT2D eigenvalue weighted by Gasteiger charge is -2.12. The number of halogens is 2. The van der Waals surface area contributed by atoms with Gasteiger partial charge in [0.15, 0.2) is 4.34 Å². The minimum absolute atomic E-state index is 0.230. The molecular weight excluding hydrogens is 348 g/mol. The third-order valence-corrected chi connectivity index (χ3v) is 5.96. The van der Waals surface area contributed by atoms with Crippen molar-refractivity contribution in [2.75, 3.05) is 0 Å². The van der Waals surface area contributed by atoms with Gasteiger partial charge in [-0.2, -0.15) is 8.78 Å². The Labute approximate surface area is 145 Å². The van der Waals surface area contributed by atoms with E-state index in [-0.39, 0.29) is 5.25 Å². The number of aromatic nitrogens is 3. The molecule has 0 aliphatic rings. The lowest BCUT2D eigenvalue weighted by Crippen LogP contribution is -2.06. The van der Waals surface area contributed by atoms with E-state index in [1.165, 1.54) is 11.8 Å². The van der Waals surface area contributed by atoms with E-state index >= 15 is 0 Å². The predicted octanol–water partition coefficient (Wildman–Crippen LogP) is 5.89. The molecule has 3 nitrogen and oxygen atoms in total. The fourth-order valence-corrected chi connectivity index (χ4v) is 4.98. The molecule has 7 heteroatoms. The van der Waals surface area contributed by atoms with Crippen LogP contribution in [0.3, 0.4) is 0 Å². The Morgan fingerprint density at radius 2 is 1.71 bits per heavy atom. The van der Waals surface area contributed by atoms with Crippen molar-refractivity contribution in [2.45, 2.75) is 23.1 Å². The maximum Gasteiger partial charge on any atom is 0.320 e. The summed E-state index contributed by atoms with van der Waals surface area (Å²) in [7, 11) is 0. The molecule has 0 saturated carbocycles. The van der Waals surface area contributed by atoms with Crippen molar-refractivity contribution in [3.05, 3.63) is 54.4 Å². The van der Waals surface area contributed by atoms with Gasteiger partial charge in [-0.15, -0.1) is 11.3 Å². The molecule has 1 unspecified atom stereocenters. The normalized spacial score (nSPS) is 13.2. The van der Waals surface area contributed by atoms with Crippen LogP contribution in [0, 0.1) is 0 Å². The van der Waals surface area contributed by atoms with Crippen molar-refractivity contribution in [2.24, 2.45) is 0 Å². The molecule has 2 aromatic carbocycles. The lowest BCUT2D eigenvalue weighted by molar-refractivity contribution is 0.0715. The van der Waals surface area contributed by atoms with Crippen LogP contribution in [0.2, 0.25) is 0 Å². The first-order chi connectivity index (χ1) is 11.6. The molecule has 4 aromatic rings. The number of thioether (sulfide) groups is 1. The van der Waals surface area contributed by atoms with Crippen LogP contribution in [0.25, 0.3) is 21.3 Å². The first kappa shape index (κ1) is 15.5. The highest BCUT2D eigenvalue weighted by Crippen LogP contribution is 2.40. The monoisotopic (exact) mass is 361 g/mol. The highest BCUT2D eigenvalue weighted by Gasteiger charge is 2.23. The Balaban J connectivity index is 1.72. The van der Waals surface area contributed by atoms with Gasteiger partial charge in [0.1, 0.15) is 5.82 Å². The molecule has 2 heterocycles. The van der Waals surface area contributed by atoms with Crippen LogP contribution in [0.4, 0.5) is 8.78 Å². The number of alkyl halides is 2. The molecule has 2 aromatic heterocycles. The largest absolute Gasteiger partial charge is 0.320 e. The lowest BCUT2D eigenvalue weighted by atomic mass is 10.3. The number of imidazole rings is 1. The molecule has 24 heavy (non-hydrogen) atoms. The second-order valence-electron chi connectivity index (χ2n) is 5.31. The molecule has 122 valence electrons. The van der Waals surface area contributed by atoms with Crippen molar-refractivity contribution in [3.63, 3.8) is 0 Å². The highest BCUT2D eigenvalue weighted by atomic mass is 32.2. The van der Waals surface area contributed by atoms with Gasteiger partial charge in [-0.1, -0.05) is 36.0 Å². The Hall–Kier alpha value is -1.99. The van der Waals surface area contributed by atoms with Gasteiger partial charge in [-0.05, 0) is 31.2 Å². The SMILES string of the molecule is CC(Sc1nc2ccccc2s1)c1nc2ccccc2n1C(F)F. The summed E-state index contributed by atoms with van der Waals surface area (Å²) in [5, 5.41) is -0.230. The Kier molecular flexibility index (Phi) is 3.97. The van der Waals surface area contributed by atoms with Crippen LogP contribution < -0.4 is 0 Å². The van der Waals surface area contributed by atoms with Gasteiger partial charge < -0.3 is 0 Å². The summed E-state index contributed by atoms with van der Waals surface area (Å²) < 4.78 is 30.1. The second kappa shape index (κ2) is 6.14. The number of hydrogen-bond donors (Lipinski definition) is 0. The Bertz CT molecular complexity index is 976. The number of hydrogen-bond acceptors (Lipinski definition) is 4. The zero-order chi connectivity index (χ0) is 16.7. The van der Waals surface area contributed by atoms with Crippen molar-refractivity contribution in [1.82, 2.24) is 14.5 Å². The Morgan fingerprint density at radius 1 is 1.00 bits per heavy atom. The number of nitrogens with zero attached hydrogens (tertiary/aromatic N) is 3. The van der Waals surface area contributed by atoms with Crippen LogP contribution in [-0.2, 0) is 0 Å². The summed E-state index contributed by atoms with van der Waals surface area (Å²) >= 11 is 3.03. The van der Waals surface area contributed by atoms with Gasteiger partial charge in [-0.25, -0.2) is 9.97 Å². The van der Waals surface area contributed by atoms with Crippen molar-refractivity contribution in [3.8, 4) is 0 Å². The molecule has 1 atom stereocenters. The number of rotatable bonds is 4. The average Bonchev–Trinajstić information content (AvgIpc) is 3.15. The van der Waals surface area contributed by atoms with Crippen LogP contribution in [0.5, 0.6) is 0 Å². The van der Waals surface area contributed by atoms with Crippen molar-refractivity contribution < 1.29 is 8.78 Å². The number of thiazole rings is 1. The van der Waals surface area contributed by atoms with Gasteiger partial charge in [-0.3, -0.25) is 4.57 Å². The van der Waals surface area contributed by atoms with E-state index in [1.54, 1.807) is 35.6 Å². The molecule has 0 spiro atoms. The number of fused-ring (bicyclic) bond motifs is 2. The molecule has 0 radical (unpaired) electrons. The highest BCUT2D eigenvalue weighted by molar-refractivity contribution is 8.01. The number of para-hydroxylation sites is 3. The standard InChI is InChI=1S/C17H13F2N3S2/c1-10(23-17-21-12-7-3-5-9-14(12)24-17)15-20-11-6-2-4-8-13(11)22(15)16(18)19/h2-10,16H,1H3. The van der Waals surface area contributed by atoms with Gasteiger partial charge in [0.25, 0.3) is 0 Å². The van der Waals surface area contributed by atoms with E-state index in [9.17, 15) is 8.78 Å². The molecule has 0 aliphatic heterocycles. The van der Waals surface area contributed by atoms with E-state index in [0.29, 0.717) is 16.9 Å². The molecule has 0 N–H and O–H groups in total. The van der Waals surface area contributed by atoms with E-state index in [4.69, 9.17) is 0 Å². The number of benzene rings is 2. The van der Waals surface area contributed by atoms with E-state index in [1.807, 2.05) is 31.2 Å². The third kappa shape index (κ3) is 2.67. The average molecular weight is 361 g/mol. The van der Waals surface area contributed by atoms with Crippen LogP contribution in [-0.4, -0.2) is 14.5 Å². The summed E-state index contributed by atoms with van der Waals surface area (Å²) in [6, 6.07) is 14.9. The summed E-state index contributed by atoms with van der Waals surface area (Å²) in [6.45, 7) is -0.734. The van der Waals surface area contributed by atoms with Gasteiger partial charge in [0.05, 0.1) is 26.5 Å². The molecule has 0 fully saturated rings. The van der Waals surface area contributed by atoms with Crippen LogP contribution >= 0.6 is 23.1 Å². The zero-order valence-electron chi connectivity index (χ0n) is 12.7. The van der Waals surface area contributed by atoms with Crippen LogP contribution in [0.15, 0.2) is 52.9 Å². The first-order valence-corrected chi connectivity index (χ1v) is 9.10. The second-order valence-corrected chi connectivity index (χ2v) is 7.93. The quantitative estimate of drug-likeness (QED) is 0.424. The molecule has 0 bridgehead atoms. The fourth-order valence-electron chi connectivity index (χ4n) is 2.66. The van der Waals surface area contributed by atoms with Gasteiger partial charge in [0, 0.05) is 0 Å². The minimum atomic E-state index is -2.62. The third-order valence-electron chi connectivity index (χ3n) is 3.73. The summed E-state index contributed by atoms with van der Waals surface area (Å²) in [4.78, 5) is 8.99. The molecule has 0 amide bonds. The summed E-state index contributed by atoms with van der Waals surface area (Å²) in [6.07, 6.45) is 0. The predicted molar refractivity (Wildman–Crippen MR) is 94.9 cm³/mol. The zero-order valence-corrected chi connectivity index (χ0v) is 14.3. The topological polar surface area (TPSA) is 30.7 Å². The van der Waals surface area contributed by atoms with Crippen LogP contribution in [0.1, 0.15) is 24.5 Å². The molecule has 4 rings (SSSR count). The van der Waals surface area contributed by atoms with E-state index in [0.717, 1.165) is 19.1 Å². The van der Waals surface area contributed by atoms with Gasteiger partial charge in [0.2, 0.25) is 0 Å². The summed E-state index contributed by atoms with van der Waals surface area (Å²) in [5.41, 5.74) is 1.98.